The second-order valence-electron chi connectivity index (χ2n) is 1.63. The normalized spacial score (nSPS) is 12.9. The van der Waals surface area contributed by atoms with E-state index in [9.17, 15) is 4.79 Å². The molecule has 0 spiro atoms. The van der Waals surface area contributed by atoms with Crippen LogP contribution in [-0.2, 0) is 4.79 Å². The van der Waals surface area contributed by atoms with Gasteiger partial charge >= 0.3 is 0 Å². The number of aromatic nitrogens is 2. The summed E-state index contributed by atoms with van der Waals surface area (Å²) in [5, 5.41) is 5.86. The second-order valence-corrected chi connectivity index (χ2v) is 2.15. The Balaban J connectivity index is 2.77. The number of rotatable bonds is 2. The van der Waals surface area contributed by atoms with E-state index < -0.39 is 11.2 Å². The standard InChI is InChI=1S/C4H5N3O2S/c5-4(8)3(10)2-1-9-7-6-2/h1,3,10H,(H2,5,8). The van der Waals surface area contributed by atoms with Gasteiger partial charge in [0.2, 0.25) is 5.91 Å². The quantitative estimate of drug-likeness (QED) is 0.571. The van der Waals surface area contributed by atoms with Gasteiger partial charge in [0.15, 0.2) is 0 Å². The minimum atomic E-state index is -0.730. The minimum Gasteiger partial charge on any atom is -0.368 e. The maximum Gasteiger partial charge on any atom is 0.236 e. The lowest BCUT2D eigenvalue weighted by Crippen LogP contribution is -2.17. The fraction of sp³-hybridized carbons (Fsp3) is 0.250. The first-order valence-corrected chi connectivity index (χ1v) is 2.98. The molecule has 1 unspecified atom stereocenters. The molecule has 0 saturated carbocycles. The molecule has 6 heteroatoms. The lowest BCUT2D eigenvalue weighted by atomic mass is 10.3. The molecule has 0 bridgehead atoms. The largest absolute Gasteiger partial charge is 0.368 e. The average Bonchev–Trinajstić information content (AvgIpc) is 2.36. The van der Waals surface area contributed by atoms with Crippen molar-refractivity contribution in [3.8, 4) is 0 Å². The molecule has 1 heterocycles. The molecular weight excluding hydrogens is 154 g/mol. The molecular formula is C4H5N3O2S. The van der Waals surface area contributed by atoms with Crippen LogP contribution in [0.4, 0.5) is 0 Å². The van der Waals surface area contributed by atoms with Gasteiger partial charge in [-0.15, -0.1) is 5.10 Å². The highest BCUT2D eigenvalue weighted by molar-refractivity contribution is 7.81. The van der Waals surface area contributed by atoms with Gasteiger partial charge in [0.1, 0.15) is 17.2 Å². The van der Waals surface area contributed by atoms with Crippen molar-refractivity contribution in [1.29, 1.82) is 0 Å². The Kier molecular flexibility index (Phi) is 1.91. The van der Waals surface area contributed by atoms with E-state index in [1.807, 2.05) is 0 Å². The third-order valence-electron chi connectivity index (χ3n) is 0.927. The predicted molar refractivity (Wildman–Crippen MR) is 35.2 cm³/mol. The molecule has 54 valence electrons. The van der Waals surface area contributed by atoms with Crippen LogP contribution in [-0.4, -0.2) is 16.3 Å². The number of primary amides is 1. The molecule has 0 aliphatic rings. The third kappa shape index (κ3) is 1.27. The number of carbonyl (C=O) groups excluding carboxylic acids is 1. The van der Waals surface area contributed by atoms with Gasteiger partial charge in [0.05, 0.1) is 0 Å². The molecule has 0 aliphatic heterocycles. The zero-order valence-corrected chi connectivity index (χ0v) is 5.78. The van der Waals surface area contributed by atoms with E-state index in [-0.39, 0.29) is 0 Å². The van der Waals surface area contributed by atoms with Gasteiger partial charge in [-0.2, -0.15) is 12.6 Å². The fourth-order valence-electron chi connectivity index (χ4n) is 0.437. The van der Waals surface area contributed by atoms with Crippen LogP contribution in [0.3, 0.4) is 0 Å². The Morgan fingerprint density at radius 1 is 1.90 bits per heavy atom. The van der Waals surface area contributed by atoms with Crippen LogP contribution in [0.25, 0.3) is 0 Å². The van der Waals surface area contributed by atoms with Gasteiger partial charge in [0, 0.05) is 5.27 Å². The summed E-state index contributed by atoms with van der Waals surface area (Å²) in [7, 11) is 0. The Morgan fingerprint density at radius 2 is 2.60 bits per heavy atom. The number of hydrogen-bond acceptors (Lipinski definition) is 5. The van der Waals surface area contributed by atoms with Crippen molar-refractivity contribution in [2.45, 2.75) is 5.25 Å². The Morgan fingerprint density at radius 3 is 3.00 bits per heavy atom. The number of nitrogens with zero attached hydrogens (tertiary/aromatic N) is 2. The molecule has 1 amide bonds. The molecule has 1 atom stereocenters. The van der Waals surface area contributed by atoms with Gasteiger partial charge in [0.25, 0.3) is 0 Å². The number of thiol groups is 1. The Labute approximate surface area is 62.0 Å². The van der Waals surface area contributed by atoms with Crippen LogP contribution in [0.1, 0.15) is 10.9 Å². The SMILES string of the molecule is NC(=O)C(S)c1conn1. The van der Waals surface area contributed by atoms with Crippen molar-refractivity contribution >= 4 is 18.5 Å². The van der Waals surface area contributed by atoms with E-state index in [4.69, 9.17) is 5.73 Å². The van der Waals surface area contributed by atoms with Gasteiger partial charge in [-0.3, -0.25) is 4.79 Å². The molecule has 1 aromatic rings. The smallest absolute Gasteiger partial charge is 0.236 e. The number of carbonyl (C=O) groups is 1. The molecule has 0 fully saturated rings. The van der Waals surface area contributed by atoms with Gasteiger partial charge in [-0.25, -0.2) is 0 Å². The van der Waals surface area contributed by atoms with Gasteiger partial charge in [-0.05, 0) is 0 Å². The summed E-state index contributed by atoms with van der Waals surface area (Å²) in [5.74, 6) is -0.570. The Bertz CT molecular complexity index is 222. The van der Waals surface area contributed by atoms with Crippen molar-refractivity contribution in [3.63, 3.8) is 0 Å². The lowest BCUT2D eigenvalue weighted by molar-refractivity contribution is -0.117. The topological polar surface area (TPSA) is 82.0 Å². The number of hydrogen-bond donors (Lipinski definition) is 2. The molecule has 10 heavy (non-hydrogen) atoms. The summed E-state index contributed by atoms with van der Waals surface area (Å²) in [5.41, 5.74) is 5.23. The zero-order valence-electron chi connectivity index (χ0n) is 4.89. The fourth-order valence-corrected chi connectivity index (χ4v) is 0.549. The summed E-state index contributed by atoms with van der Waals surface area (Å²) >= 11 is 3.84. The Hall–Kier alpha value is -1.04. The predicted octanol–water partition coefficient (Wildman–Crippen LogP) is -0.474. The molecule has 0 aliphatic carbocycles. The molecule has 1 rings (SSSR count). The summed E-state index contributed by atoms with van der Waals surface area (Å²) < 4.78 is 4.37. The third-order valence-corrected chi connectivity index (χ3v) is 1.45. The number of nitrogens with two attached hydrogens (primary N) is 1. The first-order chi connectivity index (χ1) is 4.72. The maximum absolute atomic E-state index is 10.4. The summed E-state index contributed by atoms with van der Waals surface area (Å²) in [6.45, 7) is 0. The van der Waals surface area contributed by atoms with Crippen molar-refractivity contribution < 1.29 is 9.32 Å². The minimum absolute atomic E-state index is 0.329. The van der Waals surface area contributed by atoms with E-state index in [1.54, 1.807) is 0 Å². The van der Waals surface area contributed by atoms with Gasteiger partial charge < -0.3 is 10.3 Å². The van der Waals surface area contributed by atoms with Crippen LogP contribution >= 0.6 is 12.6 Å². The molecule has 5 nitrogen and oxygen atoms in total. The first kappa shape index (κ1) is 7.07. The summed E-state index contributed by atoms with van der Waals surface area (Å²) in [6.07, 6.45) is 1.22. The van der Waals surface area contributed by atoms with Crippen LogP contribution in [0, 0.1) is 0 Å². The maximum atomic E-state index is 10.4. The highest BCUT2D eigenvalue weighted by atomic mass is 32.1. The summed E-state index contributed by atoms with van der Waals surface area (Å²) in [6, 6.07) is 0. The van der Waals surface area contributed by atoms with E-state index in [2.05, 4.69) is 27.5 Å². The van der Waals surface area contributed by atoms with Gasteiger partial charge in [-0.1, -0.05) is 0 Å². The first-order valence-electron chi connectivity index (χ1n) is 2.46. The zero-order chi connectivity index (χ0) is 7.56. The van der Waals surface area contributed by atoms with Crippen molar-refractivity contribution in [1.82, 2.24) is 10.4 Å². The van der Waals surface area contributed by atoms with Crippen LogP contribution < -0.4 is 5.73 Å². The molecule has 1 aromatic heterocycles. The van der Waals surface area contributed by atoms with Crippen molar-refractivity contribution in [2.24, 2.45) is 5.73 Å². The highest BCUT2D eigenvalue weighted by Gasteiger charge is 2.15. The van der Waals surface area contributed by atoms with Crippen molar-refractivity contribution in [3.05, 3.63) is 12.0 Å². The highest BCUT2D eigenvalue weighted by Crippen LogP contribution is 2.14. The lowest BCUT2D eigenvalue weighted by Gasteiger charge is -1.96. The monoisotopic (exact) mass is 159 g/mol. The van der Waals surface area contributed by atoms with E-state index in [1.165, 1.54) is 6.26 Å². The number of amides is 1. The van der Waals surface area contributed by atoms with Crippen LogP contribution in [0.5, 0.6) is 0 Å². The molecule has 0 radical (unpaired) electrons. The average molecular weight is 159 g/mol. The molecule has 0 aromatic carbocycles. The van der Waals surface area contributed by atoms with E-state index in [0.29, 0.717) is 5.69 Å². The summed E-state index contributed by atoms with van der Waals surface area (Å²) in [4.78, 5) is 10.4. The van der Waals surface area contributed by atoms with E-state index in [0.717, 1.165) is 0 Å². The second kappa shape index (κ2) is 2.70. The molecule has 0 saturated heterocycles. The van der Waals surface area contributed by atoms with E-state index >= 15 is 0 Å². The van der Waals surface area contributed by atoms with Crippen LogP contribution in [0.15, 0.2) is 10.8 Å². The van der Waals surface area contributed by atoms with Crippen LogP contribution in [0.2, 0.25) is 0 Å². The van der Waals surface area contributed by atoms with Crippen molar-refractivity contribution in [2.75, 3.05) is 0 Å². The molecule has 2 N–H and O–H groups in total.